The second kappa shape index (κ2) is 8.99. The summed E-state index contributed by atoms with van der Waals surface area (Å²) in [5.41, 5.74) is 15.3. The van der Waals surface area contributed by atoms with Gasteiger partial charge in [-0.1, -0.05) is 30.3 Å². The van der Waals surface area contributed by atoms with Gasteiger partial charge in [0.2, 0.25) is 11.9 Å². The third-order valence-corrected chi connectivity index (χ3v) is 5.53. The van der Waals surface area contributed by atoms with Crippen molar-refractivity contribution < 1.29 is 4.79 Å². The highest BCUT2D eigenvalue weighted by molar-refractivity contribution is 5.80. The summed E-state index contributed by atoms with van der Waals surface area (Å²) in [6.45, 7) is 3.45. The van der Waals surface area contributed by atoms with Crippen LogP contribution in [0.1, 0.15) is 24.1 Å². The van der Waals surface area contributed by atoms with Crippen molar-refractivity contribution in [2.45, 2.75) is 32.2 Å². The van der Waals surface area contributed by atoms with Crippen LogP contribution < -0.4 is 21.7 Å². The van der Waals surface area contributed by atoms with E-state index >= 15 is 0 Å². The fourth-order valence-corrected chi connectivity index (χ4v) is 3.99. The quantitative estimate of drug-likeness (QED) is 0.582. The average Bonchev–Trinajstić information content (AvgIpc) is 2.75. The summed E-state index contributed by atoms with van der Waals surface area (Å²) in [5.74, 6) is 1.57. The highest BCUT2D eigenvalue weighted by Crippen LogP contribution is 2.33. The Bertz CT molecular complexity index is 1050. The number of rotatable bonds is 5. The third-order valence-electron chi connectivity index (χ3n) is 5.53. The number of nitrogens with zero attached hydrogens (tertiary/aromatic N) is 4. The molecule has 0 radical (unpaired) electrons. The number of nitrogens with two attached hydrogens (primary N) is 2. The van der Waals surface area contributed by atoms with E-state index < -0.39 is 0 Å². The maximum absolute atomic E-state index is 12.4. The molecule has 0 bridgehead atoms. The van der Waals surface area contributed by atoms with E-state index in [1.807, 2.05) is 43.3 Å². The zero-order chi connectivity index (χ0) is 21.8. The van der Waals surface area contributed by atoms with Crippen LogP contribution in [0, 0.1) is 6.92 Å². The Morgan fingerprint density at radius 3 is 2.52 bits per heavy atom. The lowest BCUT2D eigenvalue weighted by atomic mass is 10.0. The molecule has 3 aromatic rings. The van der Waals surface area contributed by atoms with Crippen LogP contribution in [-0.4, -0.2) is 40.0 Å². The molecule has 0 saturated carbocycles. The highest BCUT2D eigenvalue weighted by atomic mass is 16.1. The van der Waals surface area contributed by atoms with E-state index in [-0.39, 0.29) is 17.9 Å². The Morgan fingerprint density at radius 1 is 1.10 bits per heavy atom. The Morgan fingerprint density at radius 2 is 1.84 bits per heavy atom. The first-order valence-corrected chi connectivity index (χ1v) is 10.4. The Balaban J connectivity index is 1.45. The van der Waals surface area contributed by atoms with E-state index in [2.05, 4.69) is 25.2 Å². The first-order chi connectivity index (χ1) is 15.0. The number of nitrogen functional groups attached to an aromatic ring is 2. The molecule has 1 amide bonds. The van der Waals surface area contributed by atoms with Crippen LogP contribution in [0.25, 0.3) is 11.1 Å². The Hall–Kier alpha value is -3.68. The maximum atomic E-state index is 12.4. The summed E-state index contributed by atoms with van der Waals surface area (Å²) in [4.78, 5) is 27.7. The maximum Gasteiger partial charge on any atom is 0.224 e. The van der Waals surface area contributed by atoms with Crippen LogP contribution in [0.5, 0.6) is 0 Å². The fraction of sp³-hybridized carbons (Fsp3) is 0.304. The molecule has 1 saturated heterocycles. The molecule has 4 rings (SSSR count). The molecule has 1 fully saturated rings. The Labute approximate surface area is 181 Å². The fourth-order valence-electron chi connectivity index (χ4n) is 3.99. The van der Waals surface area contributed by atoms with E-state index in [4.69, 9.17) is 11.5 Å². The molecule has 160 valence electrons. The molecule has 1 aromatic carbocycles. The van der Waals surface area contributed by atoms with Gasteiger partial charge in [0.1, 0.15) is 11.6 Å². The number of benzene rings is 1. The van der Waals surface area contributed by atoms with Crippen molar-refractivity contribution in [3.05, 3.63) is 59.9 Å². The number of anilines is 3. The SMILES string of the molecule is Cc1nc(N)nc(N2CCC(NC(=O)Cc3ccccc3)CC2)c1-c1ccc(N)nc1. The third kappa shape index (κ3) is 4.91. The van der Waals surface area contributed by atoms with Gasteiger partial charge in [-0.15, -0.1) is 0 Å². The summed E-state index contributed by atoms with van der Waals surface area (Å²) in [6.07, 6.45) is 3.81. The van der Waals surface area contributed by atoms with Crippen molar-refractivity contribution in [2.75, 3.05) is 29.5 Å². The topological polar surface area (TPSA) is 123 Å². The summed E-state index contributed by atoms with van der Waals surface area (Å²) < 4.78 is 0. The van der Waals surface area contributed by atoms with Crippen molar-refractivity contribution >= 4 is 23.5 Å². The highest BCUT2D eigenvalue weighted by Gasteiger charge is 2.25. The zero-order valence-electron chi connectivity index (χ0n) is 17.6. The summed E-state index contributed by atoms with van der Waals surface area (Å²) in [6, 6.07) is 13.6. The van der Waals surface area contributed by atoms with Crippen molar-refractivity contribution in [3.63, 3.8) is 0 Å². The van der Waals surface area contributed by atoms with E-state index in [0.717, 1.165) is 54.1 Å². The number of piperidine rings is 1. The molecule has 8 nitrogen and oxygen atoms in total. The first-order valence-electron chi connectivity index (χ1n) is 10.4. The molecule has 8 heteroatoms. The minimum Gasteiger partial charge on any atom is -0.384 e. The van der Waals surface area contributed by atoms with E-state index in [1.165, 1.54) is 0 Å². The largest absolute Gasteiger partial charge is 0.384 e. The molecule has 1 aliphatic heterocycles. The van der Waals surface area contributed by atoms with Crippen LogP contribution in [0.4, 0.5) is 17.6 Å². The number of carbonyl (C=O) groups is 1. The normalized spacial score (nSPS) is 14.4. The van der Waals surface area contributed by atoms with E-state index in [1.54, 1.807) is 12.3 Å². The number of pyridine rings is 1. The van der Waals surface area contributed by atoms with Crippen LogP contribution in [0.2, 0.25) is 0 Å². The van der Waals surface area contributed by atoms with E-state index in [9.17, 15) is 4.79 Å². The van der Waals surface area contributed by atoms with Crippen molar-refractivity contribution in [2.24, 2.45) is 0 Å². The predicted molar refractivity (Wildman–Crippen MR) is 122 cm³/mol. The van der Waals surface area contributed by atoms with Crippen LogP contribution in [0.3, 0.4) is 0 Å². The smallest absolute Gasteiger partial charge is 0.224 e. The predicted octanol–water partition coefficient (Wildman–Crippen LogP) is 2.34. The molecule has 5 N–H and O–H groups in total. The van der Waals surface area contributed by atoms with Gasteiger partial charge in [-0.05, 0) is 37.5 Å². The van der Waals surface area contributed by atoms with Crippen LogP contribution in [0.15, 0.2) is 48.7 Å². The number of carbonyl (C=O) groups excluding carboxylic acids is 1. The van der Waals surface area contributed by atoms with Gasteiger partial charge in [-0.25, -0.2) is 9.97 Å². The second-order valence-electron chi connectivity index (χ2n) is 7.83. The molecule has 1 aliphatic rings. The molecule has 3 heterocycles. The number of aryl methyl sites for hydroxylation is 1. The second-order valence-corrected chi connectivity index (χ2v) is 7.83. The molecular formula is C23H27N7O. The van der Waals surface area contributed by atoms with Gasteiger partial charge in [0, 0.05) is 36.5 Å². The molecule has 0 aliphatic carbocycles. The molecule has 0 unspecified atom stereocenters. The van der Waals surface area contributed by atoms with Crippen molar-refractivity contribution in [1.29, 1.82) is 0 Å². The number of nitrogens with one attached hydrogen (secondary N) is 1. The standard InChI is InChI=1S/C23H27N7O/c1-15-21(17-7-8-19(24)26-14-17)22(29-23(25)27-15)30-11-9-18(10-12-30)28-20(31)13-16-5-3-2-4-6-16/h2-8,14,18H,9-13H2,1H3,(H2,24,26)(H,28,31)(H2,25,27,29). The number of amides is 1. The lowest BCUT2D eigenvalue weighted by Crippen LogP contribution is -2.45. The minimum atomic E-state index is 0.0559. The zero-order valence-corrected chi connectivity index (χ0v) is 17.6. The first kappa shape index (κ1) is 20.6. The van der Waals surface area contributed by atoms with Gasteiger partial charge in [-0.2, -0.15) is 4.98 Å². The molecule has 31 heavy (non-hydrogen) atoms. The van der Waals surface area contributed by atoms with Crippen molar-refractivity contribution in [1.82, 2.24) is 20.3 Å². The summed E-state index contributed by atoms with van der Waals surface area (Å²) >= 11 is 0. The minimum absolute atomic E-state index is 0.0559. The number of aromatic nitrogens is 3. The Kier molecular flexibility index (Phi) is 5.97. The number of hydrogen-bond acceptors (Lipinski definition) is 7. The monoisotopic (exact) mass is 417 g/mol. The lowest BCUT2D eigenvalue weighted by molar-refractivity contribution is -0.121. The van der Waals surface area contributed by atoms with Gasteiger partial charge >= 0.3 is 0 Å². The van der Waals surface area contributed by atoms with Gasteiger partial charge in [0.05, 0.1) is 12.1 Å². The van der Waals surface area contributed by atoms with Gasteiger partial charge in [0.25, 0.3) is 0 Å². The molecular weight excluding hydrogens is 390 g/mol. The summed E-state index contributed by atoms with van der Waals surface area (Å²) in [5, 5.41) is 3.17. The van der Waals surface area contributed by atoms with Gasteiger partial charge in [0.15, 0.2) is 0 Å². The van der Waals surface area contributed by atoms with Gasteiger partial charge in [-0.3, -0.25) is 4.79 Å². The molecule has 0 spiro atoms. The lowest BCUT2D eigenvalue weighted by Gasteiger charge is -2.34. The average molecular weight is 418 g/mol. The summed E-state index contributed by atoms with van der Waals surface area (Å²) in [7, 11) is 0. The molecule has 0 atom stereocenters. The van der Waals surface area contributed by atoms with Gasteiger partial charge < -0.3 is 21.7 Å². The van der Waals surface area contributed by atoms with E-state index in [0.29, 0.717) is 12.2 Å². The van der Waals surface area contributed by atoms with Crippen molar-refractivity contribution in [3.8, 4) is 11.1 Å². The van der Waals surface area contributed by atoms with Crippen LogP contribution >= 0.6 is 0 Å². The van der Waals surface area contributed by atoms with Crippen LogP contribution in [-0.2, 0) is 11.2 Å². The molecule has 2 aromatic heterocycles. The number of hydrogen-bond donors (Lipinski definition) is 3.